The average Bonchev–Trinajstić information content (AvgIpc) is 2.75. The maximum Gasteiger partial charge on any atom is 0.308 e. The maximum absolute atomic E-state index is 13.4. The van der Waals surface area contributed by atoms with E-state index in [4.69, 9.17) is 14.0 Å². The van der Waals surface area contributed by atoms with Crippen LogP contribution in [-0.2, 0) is 15.7 Å². The van der Waals surface area contributed by atoms with E-state index >= 15 is 0 Å². The van der Waals surface area contributed by atoms with E-state index in [2.05, 4.69) is 12.1 Å². The van der Waals surface area contributed by atoms with E-state index in [9.17, 15) is 9.59 Å². The third-order valence-electron chi connectivity index (χ3n) is 4.95. The lowest BCUT2D eigenvalue weighted by molar-refractivity contribution is -0.134. The van der Waals surface area contributed by atoms with Crippen LogP contribution < -0.4 is 9.47 Å². The van der Waals surface area contributed by atoms with Gasteiger partial charge in [0.2, 0.25) is 0 Å². The summed E-state index contributed by atoms with van der Waals surface area (Å²) in [5.41, 5.74) is 1.56. The van der Waals surface area contributed by atoms with Gasteiger partial charge in [-0.15, -0.1) is 0 Å². The summed E-state index contributed by atoms with van der Waals surface area (Å²) in [7, 11) is 4.97. The minimum absolute atomic E-state index is 0.000503. The number of methoxy groups -OCH3 is 2. The van der Waals surface area contributed by atoms with E-state index < -0.39 is 11.9 Å². The smallest absolute Gasteiger partial charge is 0.308 e. The predicted octanol–water partition coefficient (Wildman–Crippen LogP) is 4.50. The molecule has 2 aromatic rings. The van der Waals surface area contributed by atoms with Gasteiger partial charge in [0.25, 0.3) is 0 Å². The lowest BCUT2D eigenvalue weighted by Crippen LogP contribution is -2.26. The summed E-state index contributed by atoms with van der Waals surface area (Å²) in [6.45, 7) is 1.99. The van der Waals surface area contributed by atoms with Crippen molar-refractivity contribution in [3.63, 3.8) is 0 Å². The topological polar surface area (TPSA) is 61.8 Å². The molecule has 28 heavy (non-hydrogen) atoms. The fourth-order valence-corrected chi connectivity index (χ4v) is 3.40. The number of ether oxygens (including phenoxy) is 2. The molecule has 2 aromatic carbocycles. The Balaban J connectivity index is 2.29. The van der Waals surface area contributed by atoms with Gasteiger partial charge in [-0.1, -0.05) is 43.3 Å². The number of benzene rings is 2. The van der Waals surface area contributed by atoms with E-state index in [1.165, 1.54) is 19.8 Å². The second-order valence-corrected chi connectivity index (χ2v) is 6.94. The number of hydrogen-bond donors (Lipinski definition) is 0. The minimum Gasteiger partial charge on any atom is -0.496 e. The molecule has 0 saturated carbocycles. The van der Waals surface area contributed by atoms with Crippen molar-refractivity contribution in [1.29, 1.82) is 0 Å². The van der Waals surface area contributed by atoms with Crippen LogP contribution in [0.25, 0.3) is 0 Å². The zero-order valence-corrected chi connectivity index (χ0v) is 17.7. The molecule has 0 aliphatic carbocycles. The molecular weight excluding hydrogens is 375 g/mol. The molecule has 0 spiro atoms. The van der Waals surface area contributed by atoms with Gasteiger partial charge in [-0.3, -0.25) is 9.59 Å². The first-order chi connectivity index (χ1) is 13.5. The standard InChI is InChI=1S/C22H27O5P/c1-15(12-13-16-8-5-4-6-9-16)17(14-20(23)27-28)22(24)21-18(25-2)10-7-11-19(21)26-3/h4-11,15,17H,12-14,28H2,1-3H3. The average molecular weight is 402 g/mol. The molecular formula is C22H27O5P. The monoisotopic (exact) mass is 402 g/mol. The van der Waals surface area contributed by atoms with Crippen molar-refractivity contribution in [1.82, 2.24) is 0 Å². The number of Topliss-reactive ketones (excluding diaryl/α,β-unsaturated/α-hetero) is 1. The molecule has 3 atom stereocenters. The first-order valence-corrected chi connectivity index (χ1v) is 9.67. The summed E-state index contributed by atoms with van der Waals surface area (Å²) in [6, 6.07) is 15.3. The van der Waals surface area contributed by atoms with Crippen molar-refractivity contribution in [3.8, 4) is 11.5 Å². The first kappa shape index (κ1) is 21.9. The molecule has 0 heterocycles. The van der Waals surface area contributed by atoms with Crippen molar-refractivity contribution in [2.75, 3.05) is 14.2 Å². The lowest BCUT2D eigenvalue weighted by atomic mass is 9.81. The van der Waals surface area contributed by atoms with Crippen LogP contribution >= 0.6 is 9.47 Å². The highest BCUT2D eigenvalue weighted by Gasteiger charge is 2.32. The molecule has 0 saturated heterocycles. The minimum atomic E-state index is -0.540. The molecule has 0 fully saturated rings. The van der Waals surface area contributed by atoms with Gasteiger partial charge in [0, 0.05) is 5.92 Å². The number of aryl methyl sites for hydroxylation is 1. The molecule has 3 unspecified atom stereocenters. The Hall–Kier alpha value is -2.39. The Morgan fingerprint density at radius 3 is 2.11 bits per heavy atom. The SMILES string of the molecule is COc1cccc(OC)c1C(=O)C(CC(=O)OP)C(C)CCc1ccccc1. The van der Waals surface area contributed by atoms with Crippen LogP contribution in [0.1, 0.15) is 35.7 Å². The predicted molar refractivity (Wildman–Crippen MR) is 112 cm³/mol. The highest BCUT2D eigenvalue weighted by Crippen LogP contribution is 2.35. The van der Waals surface area contributed by atoms with Crippen LogP contribution in [0.4, 0.5) is 0 Å². The second kappa shape index (κ2) is 10.8. The zero-order valence-electron chi connectivity index (χ0n) is 16.5. The van der Waals surface area contributed by atoms with Crippen molar-refractivity contribution >= 4 is 21.2 Å². The van der Waals surface area contributed by atoms with Crippen molar-refractivity contribution in [3.05, 3.63) is 59.7 Å². The molecule has 0 amide bonds. The molecule has 5 nitrogen and oxygen atoms in total. The number of ketones is 1. The summed E-state index contributed by atoms with van der Waals surface area (Å²) in [5, 5.41) is 0. The lowest BCUT2D eigenvalue weighted by Gasteiger charge is -2.24. The van der Waals surface area contributed by atoms with Crippen LogP contribution in [-0.4, -0.2) is 26.0 Å². The van der Waals surface area contributed by atoms with Crippen LogP contribution in [0.3, 0.4) is 0 Å². The Morgan fingerprint density at radius 1 is 0.964 bits per heavy atom. The van der Waals surface area contributed by atoms with Gasteiger partial charge in [0.1, 0.15) is 17.1 Å². The summed E-state index contributed by atoms with van der Waals surface area (Å²) >= 11 is 0. The molecule has 2 rings (SSSR count). The number of rotatable bonds is 10. The first-order valence-electron chi connectivity index (χ1n) is 9.20. The summed E-state index contributed by atoms with van der Waals surface area (Å²) in [6.07, 6.45) is 1.59. The van der Waals surface area contributed by atoms with Crippen molar-refractivity contribution < 1.29 is 23.6 Å². The largest absolute Gasteiger partial charge is 0.496 e. The van der Waals surface area contributed by atoms with Crippen LogP contribution in [0.5, 0.6) is 11.5 Å². The fraction of sp³-hybridized carbons (Fsp3) is 0.364. The number of hydrogen-bond acceptors (Lipinski definition) is 5. The molecule has 6 heteroatoms. The fourth-order valence-electron chi connectivity index (χ4n) is 3.30. The van der Waals surface area contributed by atoms with E-state index in [1.807, 2.05) is 34.6 Å². The number of carbonyl (C=O) groups is 2. The van der Waals surface area contributed by atoms with Gasteiger partial charge in [0.05, 0.1) is 30.1 Å². The van der Waals surface area contributed by atoms with Crippen LogP contribution in [0.2, 0.25) is 0 Å². The Labute approximate surface area is 168 Å². The molecule has 0 aliphatic rings. The maximum atomic E-state index is 13.4. The van der Waals surface area contributed by atoms with Gasteiger partial charge in [-0.05, 0) is 36.5 Å². The number of carbonyl (C=O) groups excluding carboxylic acids is 2. The molecule has 0 radical (unpaired) electrons. The van der Waals surface area contributed by atoms with Gasteiger partial charge < -0.3 is 14.0 Å². The van der Waals surface area contributed by atoms with Crippen LogP contribution in [0.15, 0.2) is 48.5 Å². The third-order valence-corrected chi connectivity index (χ3v) is 5.21. The second-order valence-electron chi connectivity index (χ2n) is 6.70. The van der Waals surface area contributed by atoms with Gasteiger partial charge >= 0.3 is 5.97 Å². The normalized spacial score (nSPS) is 12.7. The Kier molecular flexibility index (Phi) is 8.46. The summed E-state index contributed by atoms with van der Waals surface area (Å²) in [5.74, 6) is -0.324. The highest BCUT2D eigenvalue weighted by atomic mass is 31.0. The van der Waals surface area contributed by atoms with E-state index in [1.54, 1.807) is 18.2 Å². The van der Waals surface area contributed by atoms with E-state index in [-0.39, 0.29) is 18.1 Å². The van der Waals surface area contributed by atoms with E-state index in [0.717, 1.165) is 12.8 Å². The van der Waals surface area contributed by atoms with Gasteiger partial charge in [-0.25, -0.2) is 0 Å². The quantitative estimate of drug-likeness (QED) is 0.433. The van der Waals surface area contributed by atoms with E-state index in [0.29, 0.717) is 17.1 Å². The van der Waals surface area contributed by atoms with Gasteiger partial charge in [0.15, 0.2) is 5.78 Å². The van der Waals surface area contributed by atoms with Crippen molar-refractivity contribution in [2.24, 2.45) is 11.8 Å². The summed E-state index contributed by atoms with van der Waals surface area (Å²) in [4.78, 5) is 25.4. The van der Waals surface area contributed by atoms with Crippen LogP contribution in [0, 0.1) is 11.8 Å². The third kappa shape index (κ3) is 5.56. The molecule has 0 bridgehead atoms. The molecule has 0 aliphatic heterocycles. The van der Waals surface area contributed by atoms with Crippen molar-refractivity contribution in [2.45, 2.75) is 26.2 Å². The van der Waals surface area contributed by atoms with Gasteiger partial charge in [-0.2, -0.15) is 0 Å². The zero-order chi connectivity index (χ0) is 20.5. The Morgan fingerprint density at radius 2 is 1.57 bits per heavy atom. The Bertz CT molecular complexity index is 769. The molecule has 0 aromatic heterocycles. The molecule has 150 valence electrons. The molecule has 0 N–H and O–H groups in total. The highest BCUT2D eigenvalue weighted by molar-refractivity contribution is 7.10. The summed E-state index contributed by atoms with van der Waals surface area (Å²) < 4.78 is 15.5.